The van der Waals surface area contributed by atoms with Gasteiger partial charge in [-0.05, 0) is 46.5 Å². The lowest BCUT2D eigenvalue weighted by Gasteiger charge is -2.39. The molecule has 0 unspecified atom stereocenters. The van der Waals surface area contributed by atoms with Crippen molar-refractivity contribution in [2.75, 3.05) is 18.0 Å². The van der Waals surface area contributed by atoms with Gasteiger partial charge in [-0.3, -0.25) is 4.90 Å². The number of piperidine rings is 1. The second-order valence-corrected chi connectivity index (χ2v) is 7.47. The molecule has 2 fully saturated rings. The molecule has 0 spiro atoms. The first kappa shape index (κ1) is 16.5. The Balaban J connectivity index is 1.42. The minimum Gasteiger partial charge on any atom is -0.361 e. The van der Waals surface area contributed by atoms with E-state index >= 15 is 0 Å². The largest absolute Gasteiger partial charge is 0.361 e. The fourth-order valence-electron chi connectivity index (χ4n) is 3.91. The minimum atomic E-state index is 0.586. The summed E-state index contributed by atoms with van der Waals surface area (Å²) in [4.78, 5) is 13.9. The van der Waals surface area contributed by atoms with Gasteiger partial charge >= 0.3 is 0 Å². The quantitative estimate of drug-likeness (QED) is 0.833. The van der Waals surface area contributed by atoms with Crippen LogP contribution in [-0.2, 0) is 6.54 Å². The molecule has 6 heteroatoms. The van der Waals surface area contributed by atoms with Gasteiger partial charge in [0.05, 0.1) is 5.69 Å². The van der Waals surface area contributed by atoms with Crippen molar-refractivity contribution in [2.45, 2.75) is 65.1 Å². The number of likely N-dealkylation sites (tertiary alicyclic amines) is 1. The fraction of sp³-hybridized carbons (Fsp3) is 0.632. The van der Waals surface area contributed by atoms with Crippen molar-refractivity contribution in [2.24, 2.45) is 0 Å². The number of nitrogens with zero attached hydrogens (tertiary/aromatic N) is 5. The summed E-state index contributed by atoms with van der Waals surface area (Å²) in [6.07, 6.45) is 6.66. The zero-order valence-electron chi connectivity index (χ0n) is 15.4. The molecule has 1 aliphatic carbocycles. The van der Waals surface area contributed by atoms with E-state index in [2.05, 4.69) is 31.0 Å². The molecule has 6 nitrogen and oxygen atoms in total. The molecule has 4 rings (SSSR count). The first-order valence-corrected chi connectivity index (χ1v) is 9.33. The van der Waals surface area contributed by atoms with E-state index in [1.54, 1.807) is 6.33 Å². The Hall–Kier alpha value is -1.95. The van der Waals surface area contributed by atoms with Gasteiger partial charge in [-0.1, -0.05) is 5.16 Å². The van der Waals surface area contributed by atoms with Crippen LogP contribution in [-0.4, -0.2) is 45.2 Å². The number of hydrogen-bond acceptors (Lipinski definition) is 6. The van der Waals surface area contributed by atoms with Gasteiger partial charge in [0.1, 0.15) is 17.9 Å². The van der Waals surface area contributed by atoms with Crippen LogP contribution in [0, 0.1) is 20.8 Å². The summed E-state index contributed by atoms with van der Waals surface area (Å²) in [7, 11) is 0. The summed E-state index contributed by atoms with van der Waals surface area (Å²) in [5, 5.41) is 4.08. The molecule has 0 aromatic carbocycles. The maximum absolute atomic E-state index is 5.31. The molecule has 2 aliphatic rings. The molecule has 3 heterocycles. The van der Waals surface area contributed by atoms with Crippen molar-refractivity contribution in [1.29, 1.82) is 0 Å². The predicted octanol–water partition coefficient (Wildman–Crippen LogP) is 3.02. The van der Waals surface area contributed by atoms with E-state index in [1.807, 2.05) is 20.8 Å². The first-order valence-electron chi connectivity index (χ1n) is 9.33. The lowest BCUT2D eigenvalue weighted by atomic mass is 10.0. The zero-order chi connectivity index (χ0) is 17.4. The van der Waals surface area contributed by atoms with Gasteiger partial charge in [-0.25, -0.2) is 9.97 Å². The standard InChI is InChI=1S/C19H27N5O/c1-13-10-19(21-12-20-13)24(16-4-5-16)17-6-8-23(9-7-17)11-18-14(2)22-25-15(18)3/h10,12,16-17H,4-9,11H2,1-3H3. The van der Waals surface area contributed by atoms with Crippen LogP contribution >= 0.6 is 0 Å². The zero-order valence-corrected chi connectivity index (χ0v) is 15.4. The van der Waals surface area contributed by atoms with E-state index in [-0.39, 0.29) is 0 Å². The van der Waals surface area contributed by atoms with Gasteiger partial charge in [0.15, 0.2) is 0 Å². The third-order valence-electron chi connectivity index (χ3n) is 5.51. The van der Waals surface area contributed by atoms with Crippen LogP contribution < -0.4 is 4.90 Å². The molecule has 25 heavy (non-hydrogen) atoms. The Morgan fingerprint density at radius 1 is 1.08 bits per heavy atom. The lowest BCUT2D eigenvalue weighted by molar-refractivity contribution is 0.199. The van der Waals surface area contributed by atoms with Gasteiger partial charge < -0.3 is 9.42 Å². The predicted molar refractivity (Wildman–Crippen MR) is 96.5 cm³/mol. The third-order valence-corrected chi connectivity index (χ3v) is 5.51. The summed E-state index contributed by atoms with van der Waals surface area (Å²) in [5.41, 5.74) is 3.33. The van der Waals surface area contributed by atoms with E-state index in [4.69, 9.17) is 4.52 Å². The summed E-state index contributed by atoms with van der Waals surface area (Å²) in [5.74, 6) is 2.06. The van der Waals surface area contributed by atoms with Gasteiger partial charge in [-0.2, -0.15) is 0 Å². The summed E-state index contributed by atoms with van der Waals surface area (Å²) < 4.78 is 5.31. The Labute approximate surface area is 149 Å². The van der Waals surface area contributed by atoms with Crippen molar-refractivity contribution >= 4 is 5.82 Å². The second kappa shape index (κ2) is 6.75. The van der Waals surface area contributed by atoms with Crippen LogP contribution in [0.3, 0.4) is 0 Å². The maximum atomic E-state index is 5.31. The molecule has 0 atom stereocenters. The van der Waals surface area contributed by atoms with Gasteiger partial charge in [-0.15, -0.1) is 0 Å². The average Bonchev–Trinajstić information content (AvgIpc) is 3.39. The average molecular weight is 341 g/mol. The summed E-state index contributed by atoms with van der Waals surface area (Å²) in [6, 6.07) is 3.39. The van der Waals surface area contributed by atoms with Crippen molar-refractivity contribution in [1.82, 2.24) is 20.0 Å². The fourth-order valence-corrected chi connectivity index (χ4v) is 3.91. The smallest absolute Gasteiger partial charge is 0.138 e. The second-order valence-electron chi connectivity index (χ2n) is 7.47. The van der Waals surface area contributed by atoms with Crippen molar-refractivity contribution in [3.05, 3.63) is 35.1 Å². The van der Waals surface area contributed by atoms with Gasteiger partial charge in [0.2, 0.25) is 0 Å². The van der Waals surface area contributed by atoms with Crippen LogP contribution in [0.4, 0.5) is 5.82 Å². The normalized spacial score (nSPS) is 19.3. The molecule has 0 amide bonds. The highest BCUT2D eigenvalue weighted by molar-refractivity contribution is 5.43. The summed E-state index contributed by atoms with van der Waals surface area (Å²) >= 11 is 0. The van der Waals surface area contributed by atoms with Gasteiger partial charge in [0.25, 0.3) is 0 Å². The number of anilines is 1. The van der Waals surface area contributed by atoms with E-state index < -0.39 is 0 Å². The molecule has 1 aliphatic heterocycles. The number of hydrogen-bond donors (Lipinski definition) is 0. The van der Waals surface area contributed by atoms with E-state index in [1.165, 1.54) is 31.2 Å². The topological polar surface area (TPSA) is 58.3 Å². The van der Waals surface area contributed by atoms with Gasteiger partial charge in [0, 0.05) is 49.0 Å². The Morgan fingerprint density at radius 3 is 2.40 bits per heavy atom. The molecule has 134 valence electrons. The molecule has 1 saturated heterocycles. The molecule has 2 aromatic heterocycles. The van der Waals surface area contributed by atoms with Crippen molar-refractivity contribution in [3.8, 4) is 0 Å². The maximum Gasteiger partial charge on any atom is 0.138 e. The number of aryl methyl sites for hydroxylation is 3. The Bertz CT molecular complexity index is 712. The van der Waals surface area contributed by atoms with Crippen LogP contribution in [0.15, 0.2) is 16.9 Å². The molecular weight excluding hydrogens is 314 g/mol. The van der Waals surface area contributed by atoms with Crippen molar-refractivity contribution in [3.63, 3.8) is 0 Å². The van der Waals surface area contributed by atoms with Crippen LogP contribution in [0.5, 0.6) is 0 Å². The highest BCUT2D eigenvalue weighted by Gasteiger charge is 2.36. The SMILES string of the molecule is Cc1cc(N(C2CC2)C2CCN(Cc3c(C)noc3C)CC2)ncn1. The lowest BCUT2D eigenvalue weighted by Crippen LogP contribution is -2.46. The highest BCUT2D eigenvalue weighted by atomic mass is 16.5. The first-order chi connectivity index (χ1) is 12.1. The molecular formula is C19H27N5O. The molecule has 0 radical (unpaired) electrons. The molecule has 2 aromatic rings. The van der Waals surface area contributed by atoms with Crippen LogP contribution in [0.2, 0.25) is 0 Å². The Kier molecular flexibility index (Phi) is 4.46. The van der Waals surface area contributed by atoms with E-state index in [0.717, 1.165) is 42.6 Å². The monoisotopic (exact) mass is 341 g/mol. The van der Waals surface area contributed by atoms with E-state index in [0.29, 0.717) is 12.1 Å². The van der Waals surface area contributed by atoms with Crippen LogP contribution in [0.25, 0.3) is 0 Å². The molecule has 0 N–H and O–H groups in total. The van der Waals surface area contributed by atoms with Crippen LogP contribution in [0.1, 0.15) is 48.4 Å². The summed E-state index contributed by atoms with van der Waals surface area (Å²) in [6.45, 7) is 9.26. The Morgan fingerprint density at radius 2 is 1.80 bits per heavy atom. The highest BCUT2D eigenvalue weighted by Crippen LogP contribution is 2.35. The number of aromatic nitrogens is 3. The number of rotatable bonds is 5. The third kappa shape index (κ3) is 3.54. The molecule has 1 saturated carbocycles. The minimum absolute atomic E-state index is 0.586. The van der Waals surface area contributed by atoms with Crippen molar-refractivity contribution < 1.29 is 4.52 Å². The van der Waals surface area contributed by atoms with E-state index in [9.17, 15) is 0 Å². The molecule has 0 bridgehead atoms.